The van der Waals surface area contributed by atoms with E-state index in [1.165, 1.54) is 0 Å². The van der Waals surface area contributed by atoms with Crippen LogP contribution in [0.3, 0.4) is 0 Å². The Hall–Kier alpha value is -1.91. The lowest BCUT2D eigenvalue weighted by Gasteiger charge is -2.31. The Labute approximate surface area is 153 Å². The first-order valence-corrected chi connectivity index (χ1v) is 8.10. The van der Waals surface area contributed by atoms with Crippen molar-refractivity contribution in [1.82, 2.24) is 0 Å². The van der Waals surface area contributed by atoms with E-state index in [4.69, 9.17) is 17.3 Å². The first-order valence-electron chi connectivity index (χ1n) is 7.73. The summed E-state index contributed by atoms with van der Waals surface area (Å²) in [5.41, 5.74) is 10.8. The Morgan fingerprint density at radius 3 is 2.88 bits per heavy atom. The number of fused-ring (bicyclic) bond motifs is 1. The van der Waals surface area contributed by atoms with E-state index in [0.29, 0.717) is 17.3 Å². The number of hydrogen-bond donors (Lipinski definition) is 2. The van der Waals surface area contributed by atoms with Crippen LogP contribution in [0.15, 0.2) is 36.4 Å². The number of hydrogen-bond acceptors (Lipinski definition) is 3. The monoisotopic (exact) mass is 365 g/mol. The molecule has 0 atom stereocenters. The lowest BCUT2D eigenvalue weighted by Crippen LogP contribution is -2.37. The Kier molecular flexibility index (Phi) is 5.97. The number of rotatable bonds is 3. The Morgan fingerprint density at radius 1 is 1.33 bits per heavy atom. The molecule has 0 aromatic heterocycles. The highest BCUT2D eigenvalue weighted by Crippen LogP contribution is 2.31. The molecule has 0 saturated carbocycles. The zero-order valence-electron chi connectivity index (χ0n) is 13.5. The summed E-state index contributed by atoms with van der Waals surface area (Å²) < 4.78 is 0. The maximum atomic E-state index is 12.4. The van der Waals surface area contributed by atoms with Gasteiger partial charge in [-0.05, 0) is 55.2 Å². The standard InChI is InChI=1S/C18H20ClN3O.ClH/c1-12-7-8-16(14(19)10-12)21-18(23)11-22-9-3-4-13-15(20)5-2-6-17(13)22;/h2,5-8,10H,3-4,9,11,20H2,1H3,(H,21,23);1H. The van der Waals surface area contributed by atoms with E-state index in [2.05, 4.69) is 10.2 Å². The van der Waals surface area contributed by atoms with Gasteiger partial charge in [0, 0.05) is 17.9 Å². The summed E-state index contributed by atoms with van der Waals surface area (Å²) in [5, 5.41) is 3.44. The number of anilines is 3. The summed E-state index contributed by atoms with van der Waals surface area (Å²) in [4.78, 5) is 14.4. The van der Waals surface area contributed by atoms with E-state index in [1.807, 2.05) is 43.3 Å². The summed E-state index contributed by atoms with van der Waals surface area (Å²) in [5.74, 6) is -0.0778. The highest BCUT2D eigenvalue weighted by Gasteiger charge is 2.20. The molecule has 1 amide bonds. The van der Waals surface area contributed by atoms with Crippen LogP contribution in [0.4, 0.5) is 17.1 Å². The number of nitrogens with one attached hydrogen (secondary N) is 1. The SMILES string of the molecule is Cc1ccc(NC(=O)CN2CCCc3c(N)cccc32)c(Cl)c1.Cl. The fourth-order valence-electron chi connectivity index (χ4n) is 2.98. The van der Waals surface area contributed by atoms with Gasteiger partial charge in [-0.3, -0.25) is 4.79 Å². The molecule has 6 heteroatoms. The van der Waals surface area contributed by atoms with Crippen LogP contribution in [-0.2, 0) is 11.2 Å². The molecule has 0 radical (unpaired) electrons. The molecule has 4 nitrogen and oxygen atoms in total. The van der Waals surface area contributed by atoms with Crippen molar-refractivity contribution >= 4 is 47.0 Å². The molecule has 128 valence electrons. The van der Waals surface area contributed by atoms with Crippen molar-refractivity contribution in [2.24, 2.45) is 0 Å². The third-order valence-electron chi connectivity index (χ3n) is 4.12. The van der Waals surface area contributed by atoms with Gasteiger partial charge < -0.3 is 16.0 Å². The van der Waals surface area contributed by atoms with Gasteiger partial charge in [0.25, 0.3) is 0 Å². The molecule has 2 aromatic carbocycles. The van der Waals surface area contributed by atoms with Crippen LogP contribution in [0.2, 0.25) is 5.02 Å². The molecule has 0 spiro atoms. The van der Waals surface area contributed by atoms with Crippen molar-refractivity contribution < 1.29 is 4.79 Å². The maximum absolute atomic E-state index is 12.4. The largest absolute Gasteiger partial charge is 0.398 e. The van der Waals surface area contributed by atoms with Crippen LogP contribution < -0.4 is 16.0 Å². The smallest absolute Gasteiger partial charge is 0.243 e. The summed E-state index contributed by atoms with van der Waals surface area (Å²) in [6, 6.07) is 11.5. The molecule has 2 aromatic rings. The second-order valence-electron chi connectivity index (χ2n) is 5.90. The molecular formula is C18H21Cl2N3O. The van der Waals surface area contributed by atoms with Crippen LogP contribution >= 0.6 is 24.0 Å². The third-order valence-corrected chi connectivity index (χ3v) is 4.43. The van der Waals surface area contributed by atoms with E-state index in [1.54, 1.807) is 0 Å². The topological polar surface area (TPSA) is 58.4 Å². The molecule has 1 heterocycles. The molecule has 0 aliphatic carbocycles. The molecule has 3 N–H and O–H groups in total. The van der Waals surface area contributed by atoms with Gasteiger partial charge in [0.2, 0.25) is 5.91 Å². The number of carbonyl (C=O) groups excluding carboxylic acids is 1. The fourth-order valence-corrected chi connectivity index (χ4v) is 3.26. The van der Waals surface area contributed by atoms with Crippen molar-refractivity contribution in [3.05, 3.63) is 52.5 Å². The van der Waals surface area contributed by atoms with Crippen LogP contribution in [0, 0.1) is 6.92 Å². The third kappa shape index (κ3) is 3.94. The lowest BCUT2D eigenvalue weighted by atomic mass is 10.00. The Balaban J connectivity index is 0.00000208. The molecule has 1 aliphatic heterocycles. The first kappa shape index (κ1) is 18.4. The second-order valence-corrected chi connectivity index (χ2v) is 6.31. The molecule has 3 rings (SSSR count). The van der Waals surface area contributed by atoms with Crippen molar-refractivity contribution in [2.75, 3.05) is 29.0 Å². The molecule has 0 bridgehead atoms. The van der Waals surface area contributed by atoms with Crippen LogP contribution in [0.1, 0.15) is 17.5 Å². The number of benzene rings is 2. The number of aryl methyl sites for hydroxylation is 1. The number of carbonyl (C=O) groups is 1. The quantitative estimate of drug-likeness (QED) is 0.806. The van der Waals surface area contributed by atoms with Crippen molar-refractivity contribution in [3.63, 3.8) is 0 Å². The van der Waals surface area contributed by atoms with Crippen molar-refractivity contribution in [2.45, 2.75) is 19.8 Å². The van der Waals surface area contributed by atoms with E-state index in [-0.39, 0.29) is 18.3 Å². The number of nitrogens with zero attached hydrogens (tertiary/aromatic N) is 1. The lowest BCUT2D eigenvalue weighted by molar-refractivity contribution is -0.115. The second kappa shape index (κ2) is 7.77. The summed E-state index contributed by atoms with van der Waals surface area (Å²) >= 11 is 6.17. The molecule has 1 aliphatic rings. The van der Waals surface area contributed by atoms with Gasteiger partial charge >= 0.3 is 0 Å². The summed E-state index contributed by atoms with van der Waals surface area (Å²) in [6.07, 6.45) is 1.96. The average Bonchev–Trinajstić information content (AvgIpc) is 2.51. The number of halogens is 2. The van der Waals surface area contributed by atoms with Gasteiger partial charge in [0.1, 0.15) is 0 Å². The van der Waals surface area contributed by atoms with E-state index in [9.17, 15) is 4.79 Å². The Bertz CT molecular complexity index is 749. The fraction of sp³-hybridized carbons (Fsp3) is 0.278. The van der Waals surface area contributed by atoms with Gasteiger partial charge in [0.05, 0.1) is 17.3 Å². The van der Waals surface area contributed by atoms with Crippen LogP contribution in [0.5, 0.6) is 0 Å². The molecule has 0 fully saturated rings. The Morgan fingerprint density at radius 2 is 2.12 bits per heavy atom. The van der Waals surface area contributed by atoms with Gasteiger partial charge in [-0.1, -0.05) is 23.7 Å². The van der Waals surface area contributed by atoms with Crippen molar-refractivity contribution in [1.29, 1.82) is 0 Å². The number of nitrogens with two attached hydrogens (primary N) is 1. The average molecular weight is 366 g/mol. The number of amides is 1. The van der Waals surface area contributed by atoms with E-state index < -0.39 is 0 Å². The van der Waals surface area contributed by atoms with Gasteiger partial charge in [-0.25, -0.2) is 0 Å². The minimum atomic E-state index is -0.0778. The van der Waals surface area contributed by atoms with Crippen molar-refractivity contribution in [3.8, 4) is 0 Å². The maximum Gasteiger partial charge on any atom is 0.243 e. The zero-order valence-corrected chi connectivity index (χ0v) is 15.1. The normalized spacial score (nSPS) is 13.0. The van der Waals surface area contributed by atoms with Crippen LogP contribution in [-0.4, -0.2) is 19.0 Å². The van der Waals surface area contributed by atoms with Gasteiger partial charge in [0.15, 0.2) is 0 Å². The highest BCUT2D eigenvalue weighted by atomic mass is 35.5. The minimum Gasteiger partial charge on any atom is -0.398 e. The van der Waals surface area contributed by atoms with E-state index >= 15 is 0 Å². The zero-order chi connectivity index (χ0) is 16.4. The molecule has 24 heavy (non-hydrogen) atoms. The molecule has 0 saturated heterocycles. The van der Waals surface area contributed by atoms with Crippen LogP contribution in [0.25, 0.3) is 0 Å². The first-order chi connectivity index (χ1) is 11.0. The van der Waals surface area contributed by atoms with E-state index in [0.717, 1.165) is 41.9 Å². The number of nitrogen functional groups attached to an aromatic ring is 1. The van der Waals surface area contributed by atoms with Gasteiger partial charge in [-0.2, -0.15) is 0 Å². The predicted molar refractivity (Wildman–Crippen MR) is 103 cm³/mol. The predicted octanol–water partition coefficient (Wildman–Crippen LogP) is 4.04. The summed E-state index contributed by atoms with van der Waals surface area (Å²) in [7, 11) is 0. The summed E-state index contributed by atoms with van der Waals surface area (Å²) in [6.45, 7) is 3.11. The minimum absolute atomic E-state index is 0. The molecule has 0 unspecified atom stereocenters. The molecular weight excluding hydrogens is 345 g/mol. The highest BCUT2D eigenvalue weighted by molar-refractivity contribution is 6.33. The van der Waals surface area contributed by atoms with Gasteiger partial charge in [-0.15, -0.1) is 12.4 Å².